The van der Waals surface area contributed by atoms with Crippen LogP contribution in [0, 0.1) is 46.3 Å². The number of aliphatic hydroxyl groups excluding tert-OH is 1. The molecular weight excluding hydrogens is 292 g/mol. The van der Waals surface area contributed by atoms with Crippen molar-refractivity contribution in [3.63, 3.8) is 0 Å². The SMILES string of the molecule is CC[C@@H](C)[C@H]1CC[C@H]2[C@@H]3CC[C@@H]4C[C@H](O)CC[C@]4(C)[C@H]3CC[C@]12C. The molecule has 4 fully saturated rings. The molecule has 0 spiro atoms. The Morgan fingerprint density at radius 1 is 0.917 bits per heavy atom. The topological polar surface area (TPSA) is 20.2 Å². The predicted molar refractivity (Wildman–Crippen MR) is 101 cm³/mol. The van der Waals surface area contributed by atoms with Crippen molar-refractivity contribution in [2.45, 2.75) is 98.0 Å². The summed E-state index contributed by atoms with van der Waals surface area (Å²) in [5, 5.41) is 10.2. The highest BCUT2D eigenvalue weighted by molar-refractivity contribution is 5.09. The molecule has 0 amide bonds. The van der Waals surface area contributed by atoms with E-state index < -0.39 is 0 Å². The summed E-state index contributed by atoms with van der Waals surface area (Å²) in [5.74, 6) is 5.64. The molecule has 1 heteroatoms. The second kappa shape index (κ2) is 6.00. The van der Waals surface area contributed by atoms with Crippen molar-refractivity contribution in [2.75, 3.05) is 0 Å². The molecule has 0 bridgehead atoms. The van der Waals surface area contributed by atoms with Crippen molar-refractivity contribution in [3.8, 4) is 0 Å². The Kier molecular flexibility index (Phi) is 4.34. The summed E-state index contributed by atoms with van der Waals surface area (Å²) >= 11 is 0. The summed E-state index contributed by atoms with van der Waals surface area (Å²) in [6, 6.07) is 0. The third-order valence-corrected chi connectivity index (χ3v) is 10.0. The Morgan fingerprint density at radius 2 is 1.62 bits per heavy atom. The van der Waals surface area contributed by atoms with E-state index in [0.29, 0.717) is 10.8 Å². The molecule has 1 N–H and O–H groups in total. The van der Waals surface area contributed by atoms with Crippen LogP contribution in [-0.2, 0) is 0 Å². The molecule has 4 aliphatic carbocycles. The van der Waals surface area contributed by atoms with Gasteiger partial charge < -0.3 is 5.11 Å². The standard InChI is InChI=1S/C23H40O/c1-5-15(2)19-8-9-20-18-7-6-16-14-17(24)10-12-22(16,3)21(18)11-13-23(19,20)4/h15-21,24H,5-14H2,1-4H3/t15-,16-,17-,18+,19-,20+,21+,22+,23-/m1/s1. The highest BCUT2D eigenvalue weighted by atomic mass is 16.3. The number of hydrogen-bond donors (Lipinski definition) is 1. The molecule has 0 aromatic rings. The first-order chi connectivity index (χ1) is 11.4. The van der Waals surface area contributed by atoms with Crippen LogP contribution in [0.5, 0.6) is 0 Å². The molecule has 0 aromatic heterocycles. The average Bonchev–Trinajstić information content (AvgIpc) is 2.92. The van der Waals surface area contributed by atoms with Gasteiger partial charge in [-0.25, -0.2) is 0 Å². The summed E-state index contributed by atoms with van der Waals surface area (Å²) in [4.78, 5) is 0. The van der Waals surface area contributed by atoms with Gasteiger partial charge in [0.15, 0.2) is 0 Å². The molecule has 9 atom stereocenters. The molecule has 4 saturated carbocycles. The van der Waals surface area contributed by atoms with E-state index in [-0.39, 0.29) is 6.10 Å². The fraction of sp³-hybridized carbons (Fsp3) is 1.00. The zero-order chi connectivity index (χ0) is 17.1. The van der Waals surface area contributed by atoms with Gasteiger partial charge in [0.1, 0.15) is 0 Å². The van der Waals surface area contributed by atoms with Crippen LogP contribution >= 0.6 is 0 Å². The van der Waals surface area contributed by atoms with Crippen LogP contribution in [0.3, 0.4) is 0 Å². The molecule has 0 saturated heterocycles. The molecule has 1 nitrogen and oxygen atoms in total. The number of fused-ring (bicyclic) bond motifs is 5. The van der Waals surface area contributed by atoms with Gasteiger partial charge in [-0.1, -0.05) is 34.1 Å². The minimum Gasteiger partial charge on any atom is -0.393 e. The summed E-state index contributed by atoms with van der Waals surface area (Å²) in [6.07, 6.45) is 13.6. The van der Waals surface area contributed by atoms with Gasteiger partial charge in [-0.2, -0.15) is 0 Å². The van der Waals surface area contributed by atoms with Gasteiger partial charge >= 0.3 is 0 Å². The Bertz CT molecular complexity index is 473. The Labute approximate surface area is 150 Å². The fourth-order valence-electron chi connectivity index (χ4n) is 8.50. The monoisotopic (exact) mass is 332 g/mol. The van der Waals surface area contributed by atoms with E-state index in [9.17, 15) is 5.11 Å². The average molecular weight is 333 g/mol. The first kappa shape index (κ1) is 17.4. The maximum absolute atomic E-state index is 10.2. The van der Waals surface area contributed by atoms with E-state index in [1.165, 1.54) is 51.4 Å². The number of rotatable bonds is 2. The predicted octanol–water partition coefficient (Wildman–Crippen LogP) is 6.05. The Hall–Kier alpha value is -0.0400. The highest BCUT2D eigenvalue weighted by Crippen LogP contribution is 2.68. The van der Waals surface area contributed by atoms with E-state index >= 15 is 0 Å². The van der Waals surface area contributed by atoms with Crippen molar-refractivity contribution in [1.29, 1.82) is 0 Å². The second-order valence-electron chi connectivity index (χ2n) is 10.7. The molecule has 4 rings (SSSR count). The maximum Gasteiger partial charge on any atom is 0.0543 e. The summed E-state index contributed by atoms with van der Waals surface area (Å²) in [7, 11) is 0. The van der Waals surface area contributed by atoms with E-state index in [1.807, 2.05) is 0 Å². The molecule has 138 valence electrons. The van der Waals surface area contributed by atoms with E-state index in [1.54, 1.807) is 0 Å². The normalized spacial score (nSPS) is 55.4. The van der Waals surface area contributed by atoms with Crippen molar-refractivity contribution < 1.29 is 5.11 Å². The Balaban J connectivity index is 1.59. The van der Waals surface area contributed by atoms with Crippen LogP contribution in [0.1, 0.15) is 91.9 Å². The first-order valence-electron chi connectivity index (χ1n) is 11.1. The van der Waals surface area contributed by atoms with Gasteiger partial charge in [-0.3, -0.25) is 0 Å². The van der Waals surface area contributed by atoms with Crippen LogP contribution in [0.2, 0.25) is 0 Å². The van der Waals surface area contributed by atoms with Gasteiger partial charge in [0.25, 0.3) is 0 Å². The van der Waals surface area contributed by atoms with Gasteiger partial charge in [0.2, 0.25) is 0 Å². The maximum atomic E-state index is 10.2. The first-order valence-corrected chi connectivity index (χ1v) is 11.1. The lowest BCUT2D eigenvalue weighted by Gasteiger charge is -2.61. The summed E-state index contributed by atoms with van der Waals surface area (Å²) in [6.45, 7) is 10.2. The number of hydrogen-bond acceptors (Lipinski definition) is 1. The molecule has 24 heavy (non-hydrogen) atoms. The Morgan fingerprint density at radius 3 is 2.38 bits per heavy atom. The van der Waals surface area contributed by atoms with Gasteiger partial charge in [0.05, 0.1) is 6.10 Å². The van der Waals surface area contributed by atoms with E-state index in [0.717, 1.165) is 48.3 Å². The third-order valence-electron chi connectivity index (χ3n) is 10.0. The van der Waals surface area contributed by atoms with Crippen LogP contribution in [0.4, 0.5) is 0 Å². The van der Waals surface area contributed by atoms with Gasteiger partial charge in [0, 0.05) is 0 Å². The van der Waals surface area contributed by atoms with Crippen LogP contribution in [-0.4, -0.2) is 11.2 Å². The van der Waals surface area contributed by atoms with Crippen molar-refractivity contribution in [1.82, 2.24) is 0 Å². The quantitative estimate of drug-likeness (QED) is 0.652. The lowest BCUT2D eigenvalue weighted by Crippen LogP contribution is -2.54. The largest absolute Gasteiger partial charge is 0.393 e. The van der Waals surface area contributed by atoms with Crippen molar-refractivity contribution >= 4 is 0 Å². The van der Waals surface area contributed by atoms with Crippen LogP contribution < -0.4 is 0 Å². The van der Waals surface area contributed by atoms with Crippen molar-refractivity contribution in [2.24, 2.45) is 46.3 Å². The molecular formula is C23H40O. The smallest absolute Gasteiger partial charge is 0.0543 e. The number of aliphatic hydroxyl groups is 1. The molecule has 0 heterocycles. The van der Waals surface area contributed by atoms with Crippen LogP contribution in [0.15, 0.2) is 0 Å². The lowest BCUT2D eigenvalue weighted by atomic mass is 9.44. The van der Waals surface area contributed by atoms with Gasteiger partial charge in [-0.05, 0) is 104 Å². The molecule has 4 aliphatic rings. The second-order valence-corrected chi connectivity index (χ2v) is 10.7. The summed E-state index contributed by atoms with van der Waals surface area (Å²) < 4.78 is 0. The minimum absolute atomic E-state index is 0.00486. The lowest BCUT2D eigenvalue weighted by molar-refractivity contribution is -0.129. The molecule has 0 aromatic carbocycles. The van der Waals surface area contributed by atoms with E-state index in [4.69, 9.17) is 0 Å². The fourth-order valence-corrected chi connectivity index (χ4v) is 8.50. The van der Waals surface area contributed by atoms with Gasteiger partial charge in [-0.15, -0.1) is 0 Å². The summed E-state index contributed by atoms with van der Waals surface area (Å²) in [5.41, 5.74) is 1.17. The van der Waals surface area contributed by atoms with Crippen LogP contribution in [0.25, 0.3) is 0 Å². The molecule has 0 aliphatic heterocycles. The third kappa shape index (κ3) is 2.36. The zero-order valence-electron chi connectivity index (χ0n) is 16.6. The van der Waals surface area contributed by atoms with Crippen molar-refractivity contribution in [3.05, 3.63) is 0 Å². The molecule has 0 unspecified atom stereocenters. The highest BCUT2D eigenvalue weighted by Gasteiger charge is 2.60. The molecule has 0 radical (unpaired) electrons. The van der Waals surface area contributed by atoms with E-state index in [2.05, 4.69) is 27.7 Å². The minimum atomic E-state index is -0.00486. The zero-order valence-corrected chi connectivity index (χ0v) is 16.6.